The summed E-state index contributed by atoms with van der Waals surface area (Å²) >= 11 is 3.49. The van der Waals surface area contributed by atoms with E-state index in [-0.39, 0.29) is 0 Å². The number of alkyl halides is 1. The van der Waals surface area contributed by atoms with Gasteiger partial charge in [0.05, 0.1) is 0 Å². The molecule has 1 unspecified atom stereocenters. The molecule has 1 atom stereocenters. The van der Waals surface area contributed by atoms with Crippen LogP contribution in [-0.2, 0) is 0 Å². The summed E-state index contributed by atoms with van der Waals surface area (Å²) in [5.41, 5.74) is 4.27. The average molecular weight is 241 g/mol. The van der Waals surface area contributed by atoms with Crippen molar-refractivity contribution < 1.29 is 0 Å². The Kier molecular flexibility index (Phi) is 3.98. The lowest BCUT2D eigenvalue weighted by atomic mass is 9.93. The predicted molar refractivity (Wildman–Crippen MR) is 62.7 cm³/mol. The maximum absolute atomic E-state index is 3.49. The molecule has 72 valence electrons. The summed E-state index contributed by atoms with van der Waals surface area (Å²) in [5.74, 6) is 0.667. The van der Waals surface area contributed by atoms with E-state index < -0.39 is 0 Å². The van der Waals surface area contributed by atoms with Gasteiger partial charge >= 0.3 is 0 Å². The van der Waals surface area contributed by atoms with Gasteiger partial charge in [0.2, 0.25) is 0 Å². The van der Waals surface area contributed by atoms with Gasteiger partial charge in [0, 0.05) is 5.33 Å². The van der Waals surface area contributed by atoms with Crippen molar-refractivity contribution in [2.45, 2.75) is 33.1 Å². The lowest BCUT2D eigenvalue weighted by Crippen LogP contribution is -1.97. The van der Waals surface area contributed by atoms with Crippen molar-refractivity contribution in [3.8, 4) is 0 Å². The van der Waals surface area contributed by atoms with Gasteiger partial charge in [0.25, 0.3) is 0 Å². The van der Waals surface area contributed by atoms with Crippen LogP contribution in [0.2, 0.25) is 0 Å². The van der Waals surface area contributed by atoms with Gasteiger partial charge in [-0.15, -0.1) is 0 Å². The minimum atomic E-state index is 0.667. The molecule has 0 fully saturated rings. The summed E-state index contributed by atoms with van der Waals surface area (Å²) in [6.07, 6.45) is 1.21. The Morgan fingerprint density at radius 2 is 2.00 bits per heavy atom. The van der Waals surface area contributed by atoms with Gasteiger partial charge in [-0.1, -0.05) is 46.6 Å². The zero-order valence-electron chi connectivity index (χ0n) is 8.60. The molecule has 0 aromatic heterocycles. The Bertz CT molecular complexity index is 278. The van der Waals surface area contributed by atoms with Crippen molar-refractivity contribution in [3.05, 3.63) is 34.9 Å². The fourth-order valence-electron chi connectivity index (χ4n) is 1.70. The van der Waals surface area contributed by atoms with E-state index in [2.05, 4.69) is 54.9 Å². The van der Waals surface area contributed by atoms with Crippen molar-refractivity contribution in [2.24, 2.45) is 0 Å². The smallest absolute Gasteiger partial charge is 0.00370 e. The Hall–Kier alpha value is -0.300. The first-order valence-corrected chi connectivity index (χ1v) is 5.90. The molecule has 0 heterocycles. The van der Waals surface area contributed by atoms with Crippen LogP contribution >= 0.6 is 15.9 Å². The van der Waals surface area contributed by atoms with Gasteiger partial charge in [-0.25, -0.2) is 0 Å². The standard InChI is InChI=1S/C12H17Br/c1-9-4-5-12(11(3)8-9)10(2)6-7-13/h4-5,8,10H,6-7H2,1-3H3. The quantitative estimate of drug-likeness (QED) is 0.696. The zero-order valence-corrected chi connectivity index (χ0v) is 10.2. The summed E-state index contributed by atoms with van der Waals surface area (Å²) in [4.78, 5) is 0. The molecular formula is C12H17Br. The van der Waals surface area contributed by atoms with Crippen LogP contribution in [0.15, 0.2) is 18.2 Å². The van der Waals surface area contributed by atoms with Gasteiger partial charge < -0.3 is 0 Å². The number of hydrogen-bond donors (Lipinski definition) is 0. The van der Waals surface area contributed by atoms with Crippen molar-refractivity contribution in [1.82, 2.24) is 0 Å². The van der Waals surface area contributed by atoms with Gasteiger partial charge in [0.15, 0.2) is 0 Å². The summed E-state index contributed by atoms with van der Waals surface area (Å²) in [7, 11) is 0. The van der Waals surface area contributed by atoms with E-state index in [0.29, 0.717) is 5.92 Å². The van der Waals surface area contributed by atoms with Gasteiger partial charge in [-0.05, 0) is 37.3 Å². The molecule has 0 spiro atoms. The fraction of sp³-hybridized carbons (Fsp3) is 0.500. The van der Waals surface area contributed by atoms with Crippen LogP contribution in [0.1, 0.15) is 36.0 Å². The minimum absolute atomic E-state index is 0.667. The zero-order chi connectivity index (χ0) is 9.84. The molecule has 0 aliphatic rings. The predicted octanol–water partition coefficient (Wildman–Crippen LogP) is 4.19. The molecule has 1 heteroatoms. The van der Waals surface area contributed by atoms with E-state index in [0.717, 1.165) is 5.33 Å². The monoisotopic (exact) mass is 240 g/mol. The molecule has 0 aliphatic carbocycles. The summed E-state index contributed by atoms with van der Waals surface area (Å²) in [5, 5.41) is 1.08. The lowest BCUT2D eigenvalue weighted by Gasteiger charge is -2.13. The molecule has 0 amide bonds. The molecule has 0 radical (unpaired) electrons. The highest BCUT2D eigenvalue weighted by Gasteiger charge is 2.06. The number of halogens is 1. The molecule has 0 aliphatic heterocycles. The fourth-order valence-corrected chi connectivity index (χ4v) is 2.38. The average Bonchev–Trinajstić information content (AvgIpc) is 2.04. The van der Waals surface area contributed by atoms with Gasteiger partial charge in [0.1, 0.15) is 0 Å². The van der Waals surface area contributed by atoms with Crippen LogP contribution in [0.25, 0.3) is 0 Å². The molecule has 0 bridgehead atoms. The highest BCUT2D eigenvalue weighted by molar-refractivity contribution is 9.09. The van der Waals surface area contributed by atoms with Crippen LogP contribution in [0, 0.1) is 13.8 Å². The molecule has 1 aromatic carbocycles. The third kappa shape index (κ3) is 2.84. The van der Waals surface area contributed by atoms with Crippen LogP contribution in [-0.4, -0.2) is 5.33 Å². The van der Waals surface area contributed by atoms with E-state index in [1.54, 1.807) is 0 Å². The van der Waals surface area contributed by atoms with Gasteiger partial charge in [-0.3, -0.25) is 0 Å². The van der Waals surface area contributed by atoms with E-state index in [9.17, 15) is 0 Å². The van der Waals surface area contributed by atoms with Crippen LogP contribution in [0.5, 0.6) is 0 Å². The normalized spacial score (nSPS) is 12.9. The van der Waals surface area contributed by atoms with Crippen LogP contribution < -0.4 is 0 Å². The summed E-state index contributed by atoms with van der Waals surface area (Å²) in [6.45, 7) is 6.64. The van der Waals surface area contributed by atoms with Crippen molar-refractivity contribution in [1.29, 1.82) is 0 Å². The Morgan fingerprint density at radius 3 is 2.54 bits per heavy atom. The number of hydrogen-bond acceptors (Lipinski definition) is 0. The van der Waals surface area contributed by atoms with Crippen LogP contribution in [0.3, 0.4) is 0 Å². The second-order valence-corrected chi connectivity index (χ2v) is 4.53. The molecule has 1 aromatic rings. The molecule has 0 N–H and O–H groups in total. The maximum Gasteiger partial charge on any atom is 0.00370 e. The highest BCUT2D eigenvalue weighted by Crippen LogP contribution is 2.23. The third-order valence-electron chi connectivity index (χ3n) is 2.50. The van der Waals surface area contributed by atoms with Crippen molar-refractivity contribution in [3.63, 3.8) is 0 Å². The van der Waals surface area contributed by atoms with E-state index in [1.165, 1.54) is 23.1 Å². The van der Waals surface area contributed by atoms with E-state index in [4.69, 9.17) is 0 Å². The first-order valence-electron chi connectivity index (χ1n) is 4.78. The Labute approximate surface area is 89.5 Å². The largest absolute Gasteiger partial charge is 0.0928 e. The summed E-state index contributed by atoms with van der Waals surface area (Å²) in [6, 6.07) is 6.73. The molecule has 0 saturated carbocycles. The summed E-state index contributed by atoms with van der Waals surface area (Å²) < 4.78 is 0. The first kappa shape index (κ1) is 10.8. The lowest BCUT2D eigenvalue weighted by molar-refractivity contribution is 0.738. The molecule has 0 saturated heterocycles. The third-order valence-corrected chi connectivity index (χ3v) is 2.96. The highest BCUT2D eigenvalue weighted by atomic mass is 79.9. The number of benzene rings is 1. The van der Waals surface area contributed by atoms with Crippen molar-refractivity contribution in [2.75, 3.05) is 5.33 Å². The number of rotatable bonds is 3. The first-order chi connectivity index (χ1) is 6.15. The molecular weight excluding hydrogens is 224 g/mol. The topological polar surface area (TPSA) is 0 Å². The molecule has 0 nitrogen and oxygen atoms in total. The maximum atomic E-state index is 3.49. The number of aryl methyl sites for hydroxylation is 2. The molecule has 1 rings (SSSR count). The van der Waals surface area contributed by atoms with Crippen molar-refractivity contribution >= 4 is 15.9 Å². The van der Waals surface area contributed by atoms with E-state index in [1.807, 2.05) is 0 Å². The SMILES string of the molecule is Cc1ccc(C(C)CCBr)c(C)c1. The van der Waals surface area contributed by atoms with Gasteiger partial charge in [-0.2, -0.15) is 0 Å². The second-order valence-electron chi connectivity index (χ2n) is 3.74. The van der Waals surface area contributed by atoms with E-state index >= 15 is 0 Å². The van der Waals surface area contributed by atoms with Crippen LogP contribution in [0.4, 0.5) is 0 Å². The molecule has 13 heavy (non-hydrogen) atoms. The minimum Gasteiger partial charge on any atom is -0.0928 e. The Morgan fingerprint density at radius 1 is 1.31 bits per heavy atom. The second kappa shape index (κ2) is 4.80. The Balaban J connectivity index is 2.88.